The van der Waals surface area contributed by atoms with Gasteiger partial charge in [0.05, 0.1) is 11.9 Å². The van der Waals surface area contributed by atoms with Crippen molar-refractivity contribution < 1.29 is 0 Å². The average molecular weight is 188 g/mol. The molecule has 0 saturated heterocycles. The van der Waals surface area contributed by atoms with E-state index in [4.69, 9.17) is 5.84 Å². The Bertz CT molecular complexity index is 415. The van der Waals surface area contributed by atoms with E-state index in [0.717, 1.165) is 5.56 Å². The highest BCUT2D eigenvalue weighted by atomic mass is 15.3. The maximum Gasteiger partial charge on any atom is 0.257 e. The second-order valence-corrected chi connectivity index (χ2v) is 2.55. The number of nitrogen functional groups attached to an aromatic ring is 1. The van der Waals surface area contributed by atoms with Crippen molar-refractivity contribution in [2.75, 3.05) is 5.43 Å². The van der Waals surface area contributed by atoms with Crippen molar-refractivity contribution in [1.82, 2.24) is 20.2 Å². The topological polar surface area (TPSA) is 89.6 Å². The molecule has 3 N–H and O–H groups in total. The molecule has 6 heteroatoms. The quantitative estimate of drug-likeness (QED) is 0.517. The van der Waals surface area contributed by atoms with Crippen LogP contribution in [0, 0.1) is 0 Å². The van der Waals surface area contributed by atoms with Gasteiger partial charge in [0.1, 0.15) is 0 Å². The molecule has 2 aromatic heterocycles. The van der Waals surface area contributed by atoms with E-state index in [2.05, 4.69) is 25.6 Å². The minimum Gasteiger partial charge on any atom is -0.291 e. The predicted octanol–water partition coefficient (Wildman–Crippen LogP) is 0.219. The first kappa shape index (κ1) is 8.52. The number of hydrazine groups is 1. The highest BCUT2D eigenvalue weighted by molar-refractivity contribution is 5.57. The monoisotopic (exact) mass is 188 g/mol. The zero-order valence-electron chi connectivity index (χ0n) is 7.25. The molecule has 0 radical (unpaired) electrons. The van der Waals surface area contributed by atoms with E-state index in [1.54, 1.807) is 18.6 Å². The smallest absolute Gasteiger partial charge is 0.257 e. The molecule has 0 fully saturated rings. The number of nitrogens with two attached hydrogens (primary N) is 1. The van der Waals surface area contributed by atoms with Gasteiger partial charge >= 0.3 is 0 Å². The van der Waals surface area contributed by atoms with Gasteiger partial charge in [0.15, 0.2) is 0 Å². The number of rotatable bonds is 2. The van der Waals surface area contributed by atoms with Crippen molar-refractivity contribution >= 4 is 5.95 Å². The van der Waals surface area contributed by atoms with Crippen LogP contribution in [0.3, 0.4) is 0 Å². The van der Waals surface area contributed by atoms with E-state index >= 15 is 0 Å². The van der Waals surface area contributed by atoms with E-state index in [9.17, 15) is 0 Å². The maximum atomic E-state index is 5.17. The summed E-state index contributed by atoms with van der Waals surface area (Å²) in [7, 11) is 0. The maximum absolute atomic E-state index is 5.17. The van der Waals surface area contributed by atoms with E-state index in [1.165, 1.54) is 0 Å². The van der Waals surface area contributed by atoms with Crippen molar-refractivity contribution in [1.29, 1.82) is 0 Å². The third-order valence-corrected chi connectivity index (χ3v) is 1.66. The van der Waals surface area contributed by atoms with Crippen LogP contribution in [0.25, 0.3) is 11.3 Å². The molecule has 0 atom stereocenters. The normalized spacial score (nSPS) is 9.79. The molecular formula is C8H8N6. The standard InChI is InChI=1S/C8H8N6/c9-13-8-12-7(5-11-14-8)6-1-3-10-4-2-6/h1-5H,9H2,(H,12,13,14). The Balaban J connectivity index is 2.42. The van der Waals surface area contributed by atoms with Crippen molar-refractivity contribution in [2.24, 2.45) is 5.84 Å². The molecule has 70 valence electrons. The molecule has 0 aliphatic carbocycles. The van der Waals surface area contributed by atoms with Crippen LogP contribution < -0.4 is 11.3 Å². The van der Waals surface area contributed by atoms with Crippen LogP contribution in [0.1, 0.15) is 0 Å². The van der Waals surface area contributed by atoms with Crippen LogP contribution in [-0.2, 0) is 0 Å². The Morgan fingerprint density at radius 3 is 2.71 bits per heavy atom. The molecule has 0 unspecified atom stereocenters. The van der Waals surface area contributed by atoms with Crippen LogP contribution >= 0.6 is 0 Å². The van der Waals surface area contributed by atoms with Gasteiger partial charge in [-0.25, -0.2) is 10.8 Å². The molecular weight excluding hydrogens is 180 g/mol. The van der Waals surface area contributed by atoms with Gasteiger partial charge in [0.2, 0.25) is 0 Å². The van der Waals surface area contributed by atoms with Gasteiger partial charge in [-0.1, -0.05) is 0 Å². The van der Waals surface area contributed by atoms with Crippen molar-refractivity contribution in [3.8, 4) is 11.3 Å². The number of nitrogens with one attached hydrogen (secondary N) is 1. The van der Waals surface area contributed by atoms with Crippen LogP contribution in [0.2, 0.25) is 0 Å². The predicted molar refractivity (Wildman–Crippen MR) is 50.9 cm³/mol. The third kappa shape index (κ3) is 1.64. The summed E-state index contributed by atoms with van der Waals surface area (Å²) in [6.07, 6.45) is 4.94. The fourth-order valence-corrected chi connectivity index (χ4v) is 1.03. The number of hydrogen-bond donors (Lipinski definition) is 2. The second-order valence-electron chi connectivity index (χ2n) is 2.55. The fraction of sp³-hybridized carbons (Fsp3) is 0. The van der Waals surface area contributed by atoms with Crippen molar-refractivity contribution in [2.45, 2.75) is 0 Å². The first-order chi connectivity index (χ1) is 6.90. The molecule has 0 aromatic carbocycles. The average Bonchev–Trinajstić information content (AvgIpc) is 2.30. The van der Waals surface area contributed by atoms with E-state index < -0.39 is 0 Å². The zero-order valence-corrected chi connectivity index (χ0v) is 7.25. The van der Waals surface area contributed by atoms with Crippen LogP contribution in [0.15, 0.2) is 30.7 Å². The van der Waals surface area contributed by atoms with Crippen molar-refractivity contribution in [3.63, 3.8) is 0 Å². The molecule has 0 amide bonds. The molecule has 0 aliphatic heterocycles. The summed E-state index contributed by atoms with van der Waals surface area (Å²) in [5.41, 5.74) is 3.96. The Labute approximate surface area is 80.2 Å². The van der Waals surface area contributed by atoms with E-state index in [1.807, 2.05) is 12.1 Å². The number of hydrogen-bond acceptors (Lipinski definition) is 6. The molecule has 2 rings (SSSR count). The molecule has 0 aliphatic rings. The third-order valence-electron chi connectivity index (χ3n) is 1.66. The SMILES string of the molecule is NNc1nncc(-c2ccncc2)n1. The number of pyridine rings is 1. The Kier molecular flexibility index (Phi) is 2.28. The van der Waals surface area contributed by atoms with Gasteiger partial charge in [0, 0.05) is 18.0 Å². The Morgan fingerprint density at radius 2 is 2.00 bits per heavy atom. The molecule has 14 heavy (non-hydrogen) atoms. The Morgan fingerprint density at radius 1 is 1.21 bits per heavy atom. The molecule has 0 bridgehead atoms. The first-order valence-electron chi connectivity index (χ1n) is 3.97. The second kappa shape index (κ2) is 3.75. The summed E-state index contributed by atoms with van der Waals surface area (Å²) in [5, 5.41) is 7.43. The van der Waals surface area contributed by atoms with Crippen LogP contribution in [-0.4, -0.2) is 20.2 Å². The summed E-state index contributed by atoms with van der Waals surface area (Å²) in [4.78, 5) is 8.03. The highest BCUT2D eigenvalue weighted by Gasteiger charge is 2.00. The van der Waals surface area contributed by atoms with Crippen LogP contribution in [0.5, 0.6) is 0 Å². The van der Waals surface area contributed by atoms with Gasteiger partial charge in [-0.3, -0.25) is 10.4 Å². The van der Waals surface area contributed by atoms with Crippen molar-refractivity contribution in [3.05, 3.63) is 30.7 Å². The molecule has 6 nitrogen and oxygen atoms in total. The van der Waals surface area contributed by atoms with Gasteiger partial charge in [-0.15, -0.1) is 5.10 Å². The minimum absolute atomic E-state index is 0.291. The number of aromatic nitrogens is 4. The van der Waals surface area contributed by atoms with Crippen LogP contribution in [0.4, 0.5) is 5.95 Å². The first-order valence-corrected chi connectivity index (χ1v) is 3.97. The lowest BCUT2D eigenvalue weighted by atomic mass is 10.2. The lowest BCUT2D eigenvalue weighted by Crippen LogP contribution is -2.11. The number of anilines is 1. The van der Waals surface area contributed by atoms with E-state index in [0.29, 0.717) is 11.6 Å². The zero-order chi connectivity index (χ0) is 9.80. The van der Waals surface area contributed by atoms with E-state index in [-0.39, 0.29) is 0 Å². The minimum atomic E-state index is 0.291. The highest BCUT2D eigenvalue weighted by Crippen LogP contribution is 2.14. The summed E-state index contributed by atoms with van der Waals surface area (Å²) < 4.78 is 0. The summed E-state index contributed by atoms with van der Waals surface area (Å²) in [5.74, 6) is 5.46. The molecule has 2 aromatic rings. The molecule has 0 spiro atoms. The van der Waals surface area contributed by atoms with Gasteiger partial charge in [-0.2, -0.15) is 5.10 Å². The summed E-state index contributed by atoms with van der Waals surface area (Å²) in [6.45, 7) is 0. The summed E-state index contributed by atoms with van der Waals surface area (Å²) in [6, 6.07) is 3.68. The lowest BCUT2D eigenvalue weighted by molar-refractivity contribution is 0.965. The van der Waals surface area contributed by atoms with Gasteiger partial charge in [-0.05, 0) is 12.1 Å². The number of nitrogens with zero attached hydrogens (tertiary/aromatic N) is 4. The lowest BCUT2D eigenvalue weighted by Gasteiger charge is -2.00. The van der Waals surface area contributed by atoms with Gasteiger partial charge in [0.25, 0.3) is 5.95 Å². The summed E-state index contributed by atoms with van der Waals surface area (Å²) >= 11 is 0. The fourth-order valence-electron chi connectivity index (χ4n) is 1.03. The van der Waals surface area contributed by atoms with Gasteiger partial charge < -0.3 is 0 Å². The molecule has 0 saturated carbocycles. The Hall–Kier alpha value is -2.08. The largest absolute Gasteiger partial charge is 0.291 e. The molecule has 2 heterocycles.